The lowest BCUT2D eigenvalue weighted by Crippen LogP contribution is -2.25. The van der Waals surface area contributed by atoms with E-state index >= 15 is 0 Å². The molecule has 2 aromatic rings. The van der Waals surface area contributed by atoms with Gasteiger partial charge < -0.3 is 4.74 Å². The fourth-order valence-corrected chi connectivity index (χ4v) is 3.29. The summed E-state index contributed by atoms with van der Waals surface area (Å²) < 4.78 is 7.78. The van der Waals surface area contributed by atoms with Gasteiger partial charge in [0.2, 0.25) is 0 Å². The van der Waals surface area contributed by atoms with E-state index in [4.69, 9.17) is 4.74 Å². The summed E-state index contributed by atoms with van der Waals surface area (Å²) in [5.41, 5.74) is 0.515. The maximum atomic E-state index is 12.4. The largest absolute Gasteiger partial charge is 0.462 e. The van der Waals surface area contributed by atoms with Gasteiger partial charge >= 0.3 is 5.97 Å². The normalized spacial score (nSPS) is 15.7. The number of hydrogen-bond donors (Lipinski definition) is 0. The molecule has 0 radical (unpaired) electrons. The van der Waals surface area contributed by atoms with E-state index in [0.717, 1.165) is 30.2 Å². The van der Waals surface area contributed by atoms with Crippen LogP contribution in [-0.4, -0.2) is 21.6 Å². The molecule has 1 aromatic carbocycles. The molecule has 1 fully saturated rings. The number of halogens is 1. The quantitative estimate of drug-likeness (QED) is 0.764. The number of aromatic nitrogens is 2. The van der Waals surface area contributed by atoms with E-state index in [1.54, 1.807) is 12.1 Å². The van der Waals surface area contributed by atoms with Crippen molar-refractivity contribution < 1.29 is 9.53 Å². The maximum Gasteiger partial charge on any atom is 0.307 e. The first-order chi connectivity index (χ1) is 11.1. The highest BCUT2D eigenvalue weighted by Crippen LogP contribution is 2.20. The number of nitrogens with zero attached hydrogens (tertiary/aromatic N) is 2. The molecule has 1 aromatic heterocycles. The molecule has 0 N–H and O–H groups in total. The minimum atomic E-state index is -0.238. The van der Waals surface area contributed by atoms with E-state index in [2.05, 4.69) is 20.9 Å². The molecule has 0 saturated heterocycles. The predicted octanol–water partition coefficient (Wildman–Crippen LogP) is 3.43. The second-order valence-electron chi connectivity index (χ2n) is 5.90. The minimum absolute atomic E-state index is 0.0543. The molecule has 122 valence electrons. The number of ether oxygens (including phenoxy) is 1. The van der Waals surface area contributed by atoms with Gasteiger partial charge in [0.1, 0.15) is 6.10 Å². The van der Waals surface area contributed by atoms with Gasteiger partial charge in [-0.15, -0.1) is 0 Å². The molecule has 0 amide bonds. The van der Waals surface area contributed by atoms with E-state index < -0.39 is 0 Å². The summed E-state index contributed by atoms with van der Waals surface area (Å²) >= 11 is 3.36. The fraction of sp³-hybridized carbons (Fsp3) is 0.471. The molecule has 3 rings (SSSR count). The smallest absolute Gasteiger partial charge is 0.307 e. The monoisotopic (exact) mass is 378 g/mol. The Morgan fingerprint density at radius 3 is 2.87 bits per heavy atom. The zero-order chi connectivity index (χ0) is 16.2. The maximum absolute atomic E-state index is 12.4. The van der Waals surface area contributed by atoms with Gasteiger partial charge in [-0.25, -0.2) is 4.98 Å². The number of rotatable bonds is 4. The summed E-state index contributed by atoms with van der Waals surface area (Å²) in [7, 11) is 0. The van der Waals surface area contributed by atoms with Crippen LogP contribution in [0.2, 0.25) is 0 Å². The van der Waals surface area contributed by atoms with Crippen LogP contribution in [0.1, 0.15) is 38.5 Å². The number of esters is 1. The SMILES string of the molecule is O=C(CCn1cnc2ccc(Br)cc2c1=O)OC1CCCCC1. The van der Waals surface area contributed by atoms with Crippen molar-refractivity contribution in [3.05, 3.63) is 39.4 Å². The molecule has 1 aliphatic rings. The lowest BCUT2D eigenvalue weighted by molar-refractivity contribution is -0.150. The highest BCUT2D eigenvalue weighted by molar-refractivity contribution is 9.10. The van der Waals surface area contributed by atoms with Crippen LogP contribution >= 0.6 is 15.9 Å². The molecule has 0 aliphatic heterocycles. The highest BCUT2D eigenvalue weighted by Gasteiger charge is 2.17. The average molecular weight is 379 g/mol. The van der Waals surface area contributed by atoms with E-state index in [-0.39, 0.29) is 24.1 Å². The zero-order valence-electron chi connectivity index (χ0n) is 12.8. The molecule has 0 atom stereocenters. The predicted molar refractivity (Wildman–Crippen MR) is 91.3 cm³/mol. The van der Waals surface area contributed by atoms with E-state index in [1.807, 2.05) is 6.07 Å². The Balaban J connectivity index is 1.65. The minimum Gasteiger partial charge on any atom is -0.462 e. The summed E-state index contributed by atoms with van der Waals surface area (Å²) in [6.45, 7) is 0.292. The summed E-state index contributed by atoms with van der Waals surface area (Å²) in [6, 6.07) is 5.39. The van der Waals surface area contributed by atoms with Crippen LogP contribution in [0.3, 0.4) is 0 Å². The lowest BCUT2D eigenvalue weighted by atomic mass is 9.98. The Labute approximate surface area is 142 Å². The van der Waals surface area contributed by atoms with Crippen molar-refractivity contribution in [2.75, 3.05) is 0 Å². The van der Waals surface area contributed by atoms with Crippen LogP contribution in [0.4, 0.5) is 0 Å². The first kappa shape index (κ1) is 16.2. The summed E-state index contributed by atoms with van der Waals surface area (Å²) in [6.07, 6.45) is 7.13. The molecule has 23 heavy (non-hydrogen) atoms. The highest BCUT2D eigenvalue weighted by atomic mass is 79.9. The first-order valence-electron chi connectivity index (χ1n) is 7.97. The third-order valence-corrected chi connectivity index (χ3v) is 4.69. The fourth-order valence-electron chi connectivity index (χ4n) is 2.93. The van der Waals surface area contributed by atoms with Gasteiger partial charge in [-0.3, -0.25) is 14.2 Å². The summed E-state index contributed by atoms with van der Waals surface area (Å²) in [5.74, 6) is -0.238. The van der Waals surface area contributed by atoms with Gasteiger partial charge in [0.15, 0.2) is 0 Å². The molecule has 1 aliphatic carbocycles. The van der Waals surface area contributed by atoms with E-state index in [1.165, 1.54) is 17.3 Å². The van der Waals surface area contributed by atoms with Gasteiger partial charge in [0, 0.05) is 11.0 Å². The van der Waals surface area contributed by atoms with Gasteiger partial charge in [-0.05, 0) is 43.9 Å². The molecular formula is C17H19BrN2O3. The van der Waals surface area contributed by atoms with Gasteiger partial charge in [0.25, 0.3) is 5.56 Å². The van der Waals surface area contributed by atoms with Crippen molar-refractivity contribution in [1.29, 1.82) is 0 Å². The molecule has 1 saturated carbocycles. The van der Waals surface area contributed by atoms with Crippen LogP contribution in [0, 0.1) is 0 Å². The molecule has 6 heteroatoms. The Hall–Kier alpha value is -1.69. The second kappa shape index (κ2) is 7.25. The Kier molecular flexibility index (Phi) is 5.10. The zero-order valence-corrected chi connectivity index (χ0v) is 14.4. The van der Waals surface area contributed by atoms with E-state index in [0.29, 0.717) is 17.4 Å². The van der Waals surface area contributed by atoms with Crippen LogP contribution in [0.5, 0.6) is 0 Å². The van der Waals surface area contributed by atoms with Crippen molar-refractivity contribution in [2.45, 2.75) is 51.2 Å². The van der Waals surface area contributed by atoms with Crippen molar-refractivity contribution >= 4 is 32.8 Å². The Morgan fingerprint density at radius 1 is 1.30 bits per heavy atom. The standard InChI is InChI=1S/C17H19BrN2O3/c18-12-6-7-15-14(10-12)17(22)20(11-19-15)9-8-16(21)23-13-4-2-1-3-5-13/h6-7,10-11,13H,1-5,8-9H2. The molecule has 0 spiro atoms. The number of carbonyl (C=O) groups is 1. The molecular weight excluding hydrogens is 360 g/mol. The van der Waals surface area contributed by atoms with Crippen LogP contribution in [-0.2, 0) is 16.1 Å². The molecule has 0 bridgehead atoms. The van der Waals surface area contributed by atoms with Gasteiger partial charge in [-0.1, -0.05) is 22.4 Å². The summed E-state index contributed by atoms with van der Waals surface area (Å²) in [5, 5.41) is 0.544. The number of aryl methyl sites for hydroxylation is 1. The molecule has 0 unspecified atom stereocenters. The van der Waals surface area contributed by atoms with Crippen LogP contribution < -0.4 is 5.56 Å². The third-order valence-electron chi connectivity index (χ3n) is 4.19. The van der Waals surface area contributed by atoms with Crippen molar-refractivity contribution in [3.8, 4) is 0 Å². The number of fused-ring (bicyclic) bond motifs is 1. The number of hydrogen-bond acceptors (Lipinski definition) is 4. The third kappa shape index (κ3) is 3.99. The average Bonchev–Trinajstić information content (AvgIpc) is 2.56. The molecule has 5 nitrogen and oxygen atoms in total. The van der Waals surface area contributed by atoms with Gasteiger partial charge in [-0.2, -0.15) is 0 Å². The number of benzene rings is 1. The van der Waals surface area contributed by atoms with Crippen molar-refractivity contribution in [3.63, 3.8) is 0 Å². The lowest BCUT2D eigenvalue weighted by Gasteiger charge is -2.21. The summed E-state index contributed by atoms with van der Waals surface area (Å²) in [4.78, 5) is 28.6. The Morgan fingerprint density at radius 2 is 2.09 bits per heavy atom. The second-order valence-corrected chi connectivity index (χ2v) is 6.82. The number of carbonyl (C=O) groups excluding carboxylic acids is 1. The topological polar surface area (TPSA) is 61.2 Å². The van der Waals surface area contributed by atoms with Gasteiger partial charge in [0.05, 0.1) is 23.7 Å². The Bertz CT molecular complexity index is 766. The van der Waals surface area contributed by atoms with Crippen LogP contribution in [0.15, 0.2) is 33.8 Å². The molecule has 1 heterocycles. The van der Waals surface area contributed by atoms with Crippen molar-refractivity contribution in [1.82, 2.24) is 9.55 Å². The van der Waals surface area contributed by atoms with Crippen molar-refractivity contribution in [2.24, 2.45) is 0 Å². The van der Waals surface area contributed by atoms with E-state index in [9.17, 15) is 9.59 Å². The first-order valence-corrected chi connectivity index (χ1v) is 8.77. The van der Waals surface area contributed by atoms with Crippen LogP contribution in [0.25, 0.3) is 10.9 Å².